The van der Waals surface area contributed by atoms with Crippen molar-refractivity contribution in [3.8, 4) is 0 Å². The van der Waals surface area contributed by atoms with E-state index in [0.29, 0.717) is 26.1 Å². The highest BCUT2D eigenvalue weighted by atomic mass is 16.3. The second-order valence-electron chi connectivity index (χ2n) is 6.78. The van der Waals surface area contributed by atoms with Gasteiger partial charge in [-0.05, 0) is 63.0 Å². The third-order valence-electron chi connectivity index (χ3n) is 4.58. The molecule has 1 aliphatic heterocycles. The van der Waals surface area contributed by atoms with Crippen LogP contribution < -0.4 is 0 Å². The number of β-amino-alcohol motifs (C(OH)–C–C–N with tert-alkyl or cyclic N) is 1. The summed E-state index contributed by atoms with van der Waals surface area (Å²) in [5.74, 6) is 0.0550. The van der Waals surface area contributed by atoms with Crippen LogP contribution in [0.25, 0.3) is 0 Å². The molecule has 1 unspecified atom stereocenters. The summed E-state index contributed by atoms with van der Waals surface area (Å²) in [5, 5.41) is 10.5. The first kappa shape index (κ1) is 14.5. The van der Waals surface area contributed by atoms with Crippen molar-refractivity contribution in [3.63, 3.8) is 0 Å². The average Bonchev–Trinajstić information content (AvgIpc) is 3.02. The molecule has 0 spiro atoms. The van der Waals surface area contributed by atoms with E-state index in [0.717, 1.165) is 18.4 Å². The largest absolute Gasteiger partial charge is 0.387 e. The van der Waals surface area contributed by atoms with E-state index in [2.05, 4.69) is 6.07 Å². The number of aliphatic hydroxyl groups is 1. The lowest BCUT2D eigenvalue weighted by Crippen LogP contribution is -2.43. The predicted molar refractivity (Wildman–Crippen MR) is 82.5 cm³/mol. The smallest absolute Gasteiger partial charge is 0.253 e. The number of amides is 1. The Balaban J connectivity index is 1.72. The van der Waals surface area contributed by atoms with Crippen LogP contribution in [0, 0.1) is 0 Å². The van der Waals surface area contributed by atoms with Gasteiger partial charge in [0.2, 0.25) is 0 Å². The molecule has 0 bridgehead atoms. The van der Waals surface area contributed by atoms with Crippen LogP contribution in [0.15, 0.2) is 18.2 Å². The molecule has 1 saturated heterocycles. The number of nitrogens with zero attached hydrogens (tertiary/aromatic N) is 2. The molecule has 1 aliphatic carbocycles. The van der Waals surface area contributed by atoms with E-state index in [-0.39, 0.29) is 5.91 Å². The summed E-state index contributed by atoms with van der Waals surface area (Å²) in [6, 6.07) is 6.08. The average molecular weight is 288 g/mol. The van der Waals surface area contributed by atoms with Crippen molar-refractivity contribution in [2.75, 3.05) is 33.7 Å². The molecule has 3 rings (SSSR count). The predicted octanol–water partition coefficient (Wildman–Crippen LogP) is 1.31. The molecule has 1 aromatic rings. The second kappa shape index (κ2) is 5.43. The summed E-state index contributed by atoms with van der Waals surface area (Å²) in [6.07, 6.45) is 4.07. The summed E-state index contributed by atoms with van der Waals surface area (Å²) in [4.78, 5) is 16.4. The molecule has 0 radical (unpaired) electrons. The Kier molecular flexibility index (Phi) is 3.76. The van der Waals surface area contributed by atoms with Crippen molar-refractivity contribution in [2.24, 2.45) is 0 Å². The lowest BCUT2D eigenvalue weighted by molar-refractivity contribution is 0.0236. The van der Waals surface area contributed by atoms with Crippen molar-refractivity contribution in [1.29, 1.82) is 0 Å². The molecule has 4 nitrogen and oxygen atoms in total. The number of likely N-dealkylation sites (N-methyl/N-ethyl adjacent to an activating group) is 1. The van der Waals surface area contributed by atoms with E-state index in [9.17, 15) is 9.90 Å². The highest BCUT2D eigenvalue weighted by Gasteiger charge is 2.38. The maximum atomic E-state index is 12.6. The van der Waals surface area contributed by atoms with Gasteiger partial charge < -0.3 is 14.9 Å². The van der Waals surface area contributed by atoms with Crippen LogP contribution in [0.4, 0.5) is 0 Å². The van der Waals surface area contributed by atoms with Crippen LogP contribution >= 0.6 is 0 Å². The van der Waals surface area contributed by atoms with Gasteiger partial charge in [-0.15, -0.1) is 0 Å². The molecule has 114 valence electrons. The monoisotopic (exact) mass is 288 g/mol. The zero-order valence-electron chi connectivity index (χ0n) is 12.9. The number of rotatable bonds is 3. The SMILES string of the molecule is CN(C)CC1(O)CCN(C(=O)c2ccc3c(c2)CCC3)C1. The molecule has 1 N–H and O–H groups in total. The molecule has 0 aromatic heterocycles. The van der Waals surface area contributed by atoms with E-state index in [1.54, 1.807) is 4.90 Å². The Labute approximate surface area is 126 Å². The van der Waals surface area contributed by atoms with Crippen LogP contribution in [0.5, 0.6) is 0 Å². The second-order valence-corrected chi connectivity index (χ2v) is 6.78. The van der Waals surface area contributed by atoms with Gasteiger partial charge in [0.15, 0.2) is 0 Å². The van der Waals surface area contributed by atoms with Crippen LogP contribution in [-0.4, -0.2) is 60.1 Å². The van der Waals surface area contributed by atoms with Gasteiger partial charge in [0.05, 0.1) is 12.1 Å². The first-order valence-corrected chi connectivity index (χ1v) is 7.75. The molecule has 1 atom stereocenters. The molecular weight excluding hydrogens is 264 g/mol. The van der Waals surface area contributed by atoms with Gasteiger partial charge in [0, 0.05) is 18.7 Å². The van der Waals surface area contributed by atoms with Crippen molar-refractivity contribution in [3.05, 3.63) is 34.9 Å². The first-order chi connectivity index (χ1) is 9.97. The number of likely N-dealkylation sites (tertiary alicyclic amines) is 1. The molecule has 4 heteroatoms. The molecule has 21 heavy (non-hydrogen) atoms. The standard InChI is InChI=1S/C17H24N2O2/c1-18(2)11-17(21)8-9-19(12-17)16(20)15-7-6-13-4-3-5-14(13)10-15/h6-7,10,21H,3-5,8-9,11-12H2,1-2H3. The lowest BCUT2D eigenvalue weighted by atomic mass is 10.0. The fourth-order valence-corrected chi connectivity index (χ4v) is 3.63. The summed E-state index contributed by atoms with van der Waals surface area (Å²) in [7, 11) is 3.89. The maximum absolute atomic E-state index is 12.6. The van der Waals surface area contributed by atoms with E-state index in [4.69, 9.17) is 0 Å². The van der Waals surface area contributed by atoms with Crippen LogP contribution in [-0.2, 0) is 12.8 Å². The number of fused-ring (bicyclic) bond motifs is 1. The molecule has 1 amide bonds. The Morgan fingerprint density at radius 3 is 2.86 bits per heavy atom. The van der Waals surface area contributed by atoms with Gasteiger partial charge >= 0.3 is 0 Å². The summed E-state index contributed by atoms with van der Waals surface area (Å²) in [6.45, 7) is 1.67. The molecule has 1 aromatic carbocycles. The lowest BCUT2D eigenvalue weighted by Gasteiger charge is -2.26. The van der Waals surface area contributed by atoms with Crippen molar-refractivity contribution < 1.29 is 9.90 Å². The number of hydrogen-bond donors (Lipinski definition) is 1. The minimum atomic E-state index is -0.768. The normalized spacial score (nSPS) is 24.7. The van der Waals surface area contributed by atoms with E-state index < -0.39 is 5.60 Å². The van der Waals surface area contributed by atoms with Crippen molar-refractivity contribution in [1.82, 2.24) is 9.80 Å². The fourth-order valence-electron chi connectivity index (χ4n) is 3.63. The number of benzene rings is 1. The van der Waals surface area contributed by atoms with E-state index in [1.165, 1.54) is 17.5 Å². The Hall–Kier alpha value is -1.39. The highest BCUT2D eigenvalue weighted by Crippen LogP contribution is 2.26. The van der Waals surface area contributed by atoms with Crippen molar-refractivity contribution in [2.45, 2.75) is 31.3 Å². The topological polar surface area (TPSA) is 43.8 Å². The van der Waals surface area contributed by atoms with Gasteiger partial charge in [0.25, 0.3) is 5.91 Å². The van der Waals surface area contributed by atoms with Gasteiger partial charge in [-0.25, -0.2) is 0 Å². The molecular formula is C17H24N2O2. The third kappa shape index (κ3) is 2.97. The van der Waals surface area contributed by atoms with Gasteiger partial charge in [-0.2, -0.15) is 0 Å². The first-order valence-electron chi connectivity index (χ1n) is 7.75. The zero-order chi connectivity index (χ0) is 15.0. The van der Waals surface area contributed by atoms with Crippen LogP contribution in [0.3, 0.4) is 0 Å². The maximum Gasteiger partial charge on any atom is 0.253 e. The Morgan fingerprint density at radius 2 is 2.10 bits per heavy atom. The summed E-state index contributed by atoms with van der Waals surface area (Å²) in [5.41, 5.74) is 2.71. The molecule has 0 saturated carbocycles. The quantitative estimate of drug-likeness (QED) is 0.912. The number of carbonyl (C=O) groups is 1. The minimum Gasteiger partial charge on any atom is -0.387 e. The van der Waals surface area contributed by atoms with E-state index >= 15 is 0 Å². The third-order valence-corrected chi connectivity index (χ3v) is 4.58. The number of carbonyl (C=O) groups excluding carboxylic acids is 1. The Morgan fingerprint density at radius 1 is 1.33 bits per heavy atom. The number of hydrogen-bond acceptors (Lipinski definition) is 3. The minimum absolute atomic E-state index is 0.0550. The molecule has 1 heterocycles. The van der Waals surface area contributed by atoms with Crippen LogP contribution in [0.1, 0.15) is 34.3 Å². The van der Waals surface area contributed by atoms with Gasteiger partial charge in [0.1, 0.15) is 0 Å². The number of aryl methyl sites for hydroxylation is 2. The Bertz CT molecular complexity index is 556. The molecule has 1 fully saturated rings. The van der Waals surface area contributed by atoms with Crippen LogP contribution in [0.2, 0.25) is 0 Å². The molecule has 2 aliphatic rings. The zero-order valence-corrected chi connectivity index (χ0v) is 12.9. The van der Waals surface area contributed by atoms with Gasteiger partial charge in [-0.1, -0.05) is 6.07 Å². The van der Waals surface area contributed by atoms with E-state index in [1.807, 2.05) is 31.1 Å². The van der Waals surface area contributed by atoms with Gasteiger partial charge in [-0.3, -0.25) is 4.79 Å². The van der Waals surface area contributed by atoms with Crippen molar-refractivity contribution >= 4 is 5.91 Å². The highest BCUT2D eigenvalue weighted by molar-refractivity contribution is 5.94. The summed E-state index contributed by atoms with van der Waals surface area (Å²) < 4.78 is 0. The fraction of sp³-hybridized carbons (Fsp3) is 0.588. The summed E-state index contributed by atoms with van der Waals surface area (Å²) >= 11 is 0.